The van der Waals surface area contributed by atoms with Gasteiger partial charge in [-0.05, 0) is 55.6 Å². The second kappa shape index (κ2) is 5.47. The van der Waals surface area contributed by atoms with Crippen molar-refractivity contribution in [1.29, 1.82) is 0 Å². The number of nitrogens with one attached hydrogen (secondary N) is 1. The highest BCUT2D eigenvalue weighted by Crippen LogP contribution is 2.25. The Morgan fingerprint density at radius 2 is 2.35 bits per heavy atom. The molecule has 1 fully saturated rings. The minimum atomic E-state index is -0.219. The molecule has 3 N–H and O–H groups in total. The van der Waals surface area contributed by atoms with E-state index in [4.69, 9.17) is 10.5 Å². The maximum absolute atomic E-state index is 13.2. The molecular formula is C13H19FN2O. The SMILES string of the molecule is COc1ccc(F)cc1CC1NCCC1CN. The fraction of sp³-hybridized carbons (Fsp3) is 0.538. The van der Waals surface area contributed by atoms with Gasteiger partial charge in [0.05, 0.1) is 7.11 Å². The van der Waals surface area contributed by atoms with Gasteiger partial charge in [0.25, 0.3) is 0 Å². The van der Waals surface area contributed by atoms with Crippen LogP contribution < -0.4 is 15.8 Å². The van der Waals surface area contributed by atoms with Crippen molar-refractivity contribution in [3.8, 4) is 5.75 Å². The topological polar surface area (TPSA) is 47.3 Å². The summed E-state index contributed by atoms with van der Waals surface area (Å²) in [7, 11) is 1.61. The van der Waals surface area contributed by atoms with E-state index in [0.29, 0.717) is 18.5 Å². The van der Waals surface area contributed by atoms with Crippen molar-refractivity contribution >= 4 is 0 Å². The number of benzene rings is 1. The van der Waals surface area contributed by atoms with Gasteiger partial charge in [-0.3, -0.25) is 0 Å². The smallest absolute Gasteiger partial charge is 0.123 e. The summed E-state index contributed by atoms with van der Waals surface area (Å²) < 4.78 is 18.5. The number of halogens is 1. The van der Waals surface area contributed by atoms with E-state index in [0.717, 1.165) is 30.7 Å². The van der Waals surface area contributed by atoms with Crippen molar-refractivity contribution in [2.45, 2.75) is 18.9 Å². The zero-order valence-corrected chi connectivity index (χ0v) is 10.1. The quantitative estimate of drug-likeness (QED) is 0.831. The molecule has 1 aliphatic heterocycles. The van der Waals surface area contributed by atoms with Gasteiger partial charge in [0, 0.05) is 6.04 Å². The average Bonchev–Trinajstić information content (AvgIpc) is 2.77. The summed E-state index contributed by atoms with van der Waals surface area (Å²) in [6.07, 6.45) is 1.86. The molecule has 17 heavy (non-hydrogen) atoms. The van der Waals surface area contributed by atoms with Crippen molar-refractivity contribution in [2.75, 3.05) is 20.2 Å². The van der Waals surface area contributed by atoms with E-state index in [2.05, 4.69) is 5.32 Å². The van der Waals surface area contributed by atoms with Crippen LogP contribution in [0, 0.1) is 11.7 Å². The van der Waals surface area contributed by atoms with E-state index >= 15 is 0 Å². The molecule has 3 nitrogen and oxygen atoms in total. The molecule has 4 heteroatoms. The van der Waals surface area contributed by atoms with Crippen LogP contribution in [-0.2, 0) is 6.42 Å². The highest BCUT2D eigenvalue weighted by atomic mass is 19.1. The first kappa shape index (κ1) is 12.3. The first-order valence-corrected chi connectivity index (χ1v) is 6.00. The lowest BCUT2D eigenvalue weighted by Crippen LogP contribution is -2.33. The summed E-state index contributed by atoms with van der Waals surface area (Å²) in [6.45, 7) is 1.67. The maximum atomic E-state index is 13.2. The molecule has 1 aromatic rings. The minimum Gasteiger partial charge on any atom is -0.496 e. The third-order valence-electron chi connectivity index (χ3n) is 3.48. The lowest BCUT2D eigenvalue weighted by atomic mass is 9.94. The predicted octanol–water partition coefficient (Wildman–Crippen LogP) is 1.31. The van der Waals surface area contributed by atoms with Gasteiger partial charge >= 0.3 is 0 Å². The Hall–Kier alpha value is -1.13. The van der Waals surface area contributed by atoms with Gasteiger partial charge in [0.15, 0.2) is 0 Å². The van der Waals surface area contributed by atoms with Crippen molar-refractivity contribution in [3.05, 3.63) is 29.6 Å². The highest BCUT2D eigenvalue weighted by molar-refractivity contribution is 5.34. The van der Waals surface area contributed by atoms with Crippen molar-refractivity contribution in [3.63, 3.8) is 0 Å². The van der Waals surface area contributed by atoms with Crippen molar-refractivity contribution in [2.24, 2.45) is 11.7 Å². The standard InChI is InChI=1S/C13H19FN2O/c1-17-13-3-2-11(14)6-10(13)7-12-9(8-15)4-5-16-12/h2-3,6,9,12,16H,4-5,7-8,15H2,1H3. The molecule has 0 aromatic heterocycles. The number of hydrogen-bond donors (Lipinski definition) is 2. The van der Waals surface area contributed by atoms with Crippen LogP contribution in [0.5, 0.6) is 5.75 Å². The van der Waals surface area contributed by atoms with Gasteiger partial charge < -0.3 is 15.8 Å². The number of hydrogen-bond acceptors (Lipinski definition) is 3. The van der Waals surface area contributed by atoms with Crippen LogP contribution in [-0.4, -0.2) is 26.2 Å². The first-order valence-electron chi connectivity index (χ1n) is 6.00. The molecule has 1 heterocycles. The van der Waals surface area contributed by atoms with Crippen LogP contribution >= 0.6 is 0 Å². The molecule has 0 bridgehead atoms. The summed E-state index contributed by atoms with van der Waals surface area (Å²) in [6, 6.07) is 4.98. The average molecular weight is 238 g/mol. The van der Waals surface area contributed by atoms with E-state index in [1.165, 1.54) is 6.07 Å². The molecular weight excluding hydrogens is 219 g/mol. The maximum Gasteiger partial charge on any atom is 0.123 e. The van der Waals surface area contributed by atoms with E-state index < -0.39 is 0 Å². The van der Waals surface area contributed by atoms with E-state index in [9.17, 15) is 4.39 Å². The number of ether oxygens (including phenoxy) is 1. The Kier molecular flexibility index (Phi) is 3.97. The Bertz CT molecular complexity index is 384. The lowest BCUT2D eigenvalue weighted by molar-refractivity contribution is 0.397. The molecule has 2 atom stereocenters. The van der Waals surface area contributed by atoms with Gasteiger partial charge in [-0.2, -0.15) is 0 Å². The van der Waals surface area contributed by atoms with Gasteiger partial charge in [-0.25, -0.2) is 4.39 Å². The first-order chi connectivity index (χ1) is 8.24. The minimum absolute atomic E-state index is 0.219. The van der Waals surface area contributed by atoms with Crippen LogP contribution in [0.3, 0.4) is 0 Å². The number of methoxy groups -OCH3 is 1. The Balaban J connectivity index is 2.14. The van der Waals surface area contributed by atoms with Crippen LogP contribution in [0.15, 0.2) is 18.2 Å². The number of rotatable bonds is 4. The zero-order valence-electron chi connectivity index (χ0n) is 10.1. The Morgan fingerprint density at radius 3 is 3.06 bits per heavy atom. The van der Waals surface area contributed by atoms with Crippen LogP contribution in [0.25, 0.3) is 0 Å². The van der Waals surface area contributed by atoms with Gasteiger partial charge in [-0.15, -0.1) is 0 Å². The zero-order chi connectivity index (χ0) is 12.3. The predicted molar refractivity (Wildman–Crippen MR) is 65.6 cm³/mol. The van der Waals surface area contributed by atoms with E-state index in [1.54, 1.807) is 19.2 Å². The fourth-order valence-electron chi connectivity index (χ4n) is 2.49. The molecule has 1 aromatic carbocycles. The number of nitrogens with two attached hydrogens (primary N) is 1. The largest absolute Gasteiger partial charge is 0.496 e. The third-order valence-corrected chi connectivity index (χ3v) is 3.48. The van der Waals surface area contributed by atoms with Gasteiger partial charge in [0.2, 0.25) is 0 Å². The van der Waals surface area contributed by atoms with Crippen LogP contribution in [0.4, 0.5) is 4.39 Å². The molecule has 0 aliphatic carbocycles. The Labute approximate surface area is 101 Å². The second-order valence-electron chi connectivity index (χ2n) is 4.51. The summed E-state index contributed by atoms with van der Waals surface area (Å²) in [4.78, 5) is 0. The molecule has 2 unspecified atom stereocenters. The molecule has 1 aliphatic rings. The van der Waals surface area contributed by atoms with E-state index in [-0.39, 0.29) is 5.82 Å². The second-order valence-corrected chi connectivity index (χ2v) is 4.51. The summed E-state index contributed by atoms with van der Waals surface area (Å²) >= 11 is 0. The normalized spacial score (nSPS) is 23.9. The summed E-state index contributed by atoms with van der Waals surface area (Å²) in [5.74, 6) is 1.00. The van der Waals surface area contributed by atoms with Gasteiger partial charge in [-0.1, -0.05) is 0 Å². The van der Waals surface area contributed by atoms with E-state index in [1.807, 2.05) is 0 Å². The molecule has 0 amide bonds. The lowest BCUT2D eigenvalue weighted by Gasteiger charge is -2.19. The highest BCUT2D eigenvalue weighted by Gasteiger charge is 2.26. The summed E-state index contributed by atoms with van der Waals surface area (Å²) in [5.41, 5.74) is 6.64. The summed E-state index contributed by atoms with van der Waals surface area (Å²) in [5, 5.41) is 3.42. The fourth-order valence-corrected chi connectivity index (χ4v) is 2.49. The monoisotopic (exact) mass is 238 g/mol. The molecule has 94 valence electrons. The Morgan fingerprint density at radius 1 is 1.53 bits per heavy atom. The van der Waals surface area contributed by atoms with Gasteiger partial charge in [0.1, 0.15) is 11.6 Å². The molecule has 2 rings (SSSR count). The molecule has 0 saturated carbocycles. The molecule has 1 saturated heterocycles. The van der Waals surface area contributed by atoms with Crippen molar-refractivity contribution in [1.82, 2.24) is 5.32 Å². The molecule has 0 spiro atoms. The van der Waals surface area contributed by atoms with Crippen molar-refractivity contribution < 1.29 is 9.13 Å². The molecule has 0 radical (unpaired) electrons. The third kappa shape index (κ3) is 2.76. The van der Waals surface area contributed by atoms with Crippen LogP contribution in [0.2, 0.25) is 0 Å². The van der Waals surface area contributed by atoms with Crippen LogP contribution in [0.1, 0.15) is 12.0 Å².